The third-order valence-electron chi connectivity index (χ3n) is 5.08. The second-order valence-corrected chi connectivity index (χ2v) is 6.92. The number of rotatable bonds is 3. The van der Waals surface area contributed by atoms with Gasteiger partial charge >= 0.3 is 0 Å². The summed E-state index contributed by atoms with van der Waals surface area (Å²) in [5.74, 6) is 0.297. The molecule has 0 aromatic carbocycles. The van der Waals surface area contributed by atoms with Crippen molar-refractivity contribution in [2.45, 2.75) is 70.8 Å². The normalized spacial score (nSPS) is 30.1. The van der Waals surface area contributed by atoms with Gasteiger partial charge < -0.3 is 10.4 Å². The number of carbonyl (C=O) groups is 1. The summed E-state index contributed by atoms with van der Waals surface area (Å²) >= 11 is 0. The highest BCUT2D eigenvalue weighted by atomic mass is 16.3. The Morgan fingerprint density at radius 3 is 2.33 bits per heavy atom. The van der Waals surface area contributed by atoms with Gasteiger partial charge in [0.2, 0.25) is 5.91 Å². The molecule has 2 N–H and O–H groups in total. The Bertz CT molecular complexity index is 306. The summed E-state index contributed by atoms with van der Waals surface area (Å²) in [6.45, 7) is 4.50. The van der Waals surface area contributed by atoms with Gasteiger partial charge in [0.1, 0.15) is 0 Å². The Labute approximate surface area is 110 Å². The lowest BCUT2D eigenvalue weighted by Crippen LogP contribution is -2.53. The van der Waals surface area contributed by atoms with Gasteiger partial charge in [-0.1, -0.05) is 39.5 Å². The maximum absolute atomic E-state index is 12.5. The Morgan fingerprint density at radius 2 is 1.78 bits per heavy atom. The van der Waals surface area contributed by atoms with E-state index in [2.05, 4.69) is 19.2 Å². The molecule has 0 saturated heterocycles. The topological polar surface area (TPSA) is 49.3 Å². The summed E-state index contributed by atoms with van der Waals surface area (Å²) in [5, 5.41) is 12.8. The fourth-order valence-electron chi connectivity index (χ4n) is 3.70. The molecule has 0 aromatic rings. The molecule has 0 bridgehead atoms. The van der Waals surface area contributed by atoms with E-state index in [1.807, 2.05) is 0 Å². The minimum absolute atomic E-state index is 0.0892. The molecule has 0 radical (unpaired) electrons. The van der Waals surface area contributed by atoms with Crippen LogP contribution in [0.2, 0.25) is 0 Å². The number of hydrogen-bond donors (Lipinski definition) is 2. The highest BCUT2D eigenvalue weighted by Crippen LogP contribution is 2.41. The monoisotopic (exact) mass is 253 g/mol. The number of hydrogen-bond acceptors (Lipinski definition) is 2. The number of aliphatic hydroxyl groups excluding tert-OH is 1. The predicted molar refractivity (Wildman–Crippen MR) is 72.2 cm³/mol. The van der Waals surface area contributed by atoms with E-state index in [4.69, 9.17) is 0 Å². The van der Waals surface area contributed by atoms with Crippen LogP contribution in [0.3, 0.4) is 0 Å². The highest BCUT2D eigenvalue weighted by Gasteiger charge is 2.41. The summed E-state index contributed by atoms with van der Waals surface area (Å²) in [6.07, 6.45) is 8.64. The first kappa shape index (κ1) is 13.9. The average molecular weight is 253 g/mol. The van der Waals surface area contributed by atoms with Gasteiger partial charge in [-0.25, -0.2) is 0 Å². The minimum Gasteiger partial charge on any atom is -0.394 e. The quantitative estimate of drug-likeness (QED) is 0.812. The molecular formula is C15H27NO2. The van der Waals surface area contributed by atoms with E-state index in [-0.39, 0.29) is 29.4 Å². The molecule has 2 aliphatic rings. The van der Waals surface area contributed by atoms with Crippen LogP contribution in [0.25, 0.3) is 0 Å². The lowest BCUT2D eigenvalue weighted by Gasteiger charge is -2.40. The lowest BCUT2D eigenvalue weighted by atomic mass is 9.68. The smallest absolute Gasteiger partial charge is 0.224 e. The maximum Gasteiger partial charge on any atom is 0.224 e. The van der Waals surface area contributed by atoms with Crippen molar-refractivity contribution in [3.8, 4) is 0 Å². The van der Waals surface area contributed by atoms with Crippen molar-refractivity contribution < 1.29 is 9.90 Å². The van der Waals surface area contributed by atoms with Crippen LogP contribution in [0.15, 0.2) is 0 Å². The molecule has 0 heterocycles. The molecule has 2 rings (SSSR count). The van der Waals surface area contributed by atoms with Crippen LogP contribution in [0.5, 0.6) is 0 Å². The largest absolute Gasteiger partial charge is 0.394 e. The highest BCUT2D eigenvalue weighted by molar-refractivity contribution is 5.80. The van der Waals surface area contributed by atoms with E-state index in [9.17, 15) is 9.90 Å². The molecule has 2 fully saturated rings. The van der Waals surface area contributed by atoms with E-state index in [0.29, 0.717) is 0 Å². The Kier molecular flexibility index (Phi) is 4.00. The third kappa shape index (κ3) is 2.71. The van der Waals surface area contributed by atoms with Gasteiger partial charge in [0.15, 0.2) is 0 Å². The molecule has 0 aliphatic heterocycles. The molecule has 0 aromatic heterocycles. The molecular weight excluding hydrogens is 226 g/mol. The molecule has 3 heteroatoms. The molecule has 3 nitrogen and oxygen atoms in total. The first-order valence-corrected chi connectivity index (χ1v) is 7.42. The van der Waals surface area contributed by atoms with Crippen molar-refractivity contribution in [2.75, 3.05) is 6.61 Å². The molecule has 0 spiro atoms. The van der Waals surface area contributed by atoms with Gasteiger partial charge in [0.25, 0.3) is 0 Å². The molecule has 2 saturated carbocycles. The fraction of sp³-hybridized carbons (Fsp3) is 0.933. The zero-order valence-corrected chi connectivity index (χ0v) is 11.8. The van der Waals surface area contributed by atoms with Crippen molar-refractivity contribution >= 4 is 5.91 Å². The fourth-order valence-corrected chi connectivity index (χ4v) is 3.70. The van der Waals surface area contributed by atoms with Gasteiger partial charge in [-0.05, 0) is 31.1 Å². The standard InChI is InChI=1S/C15H27NO2/c1-14(2)8-4-3-7-12(14)13(18)16-15(11-17)9-5-6-10-15/h12,17H,3-11H2,1-2H3,(H,16,18). The lowest BCUT2D eigenvalue weighted by molar-refractivity contribution is -0.132. The first-order chi connectivity index (χ1) is 8.49. The van der Waals surface area contributed by atoms with E-state index in [1.165, 1.54) is 6.42 Å². The summed E-state index contributed by atoms with van der Waals surface area (Å²) in [4.78, 5) is 12.5. The Hall–Kier alpha value is -0.570. The van der Waals surface area contributed by atoms with Gasteiger partial charge in [-0.3, -0.25) is 4.79 Å². The molecule has 104 valence electrons. The van der Waals surface area contributed by atoms with E-state index < -0.39 is 0 Å². The van der Waals surface area contributed by atoms with Crippen LogP contribution in [0, 0.1) is 11.3 Å². The molecule has 1 amide bonds. The molecule has 2 aliphatic carbocycles. The minimum atomic E-state index is -0.315. The summed E-state index contributed by atoms with van der Waals surface area (Å²) < 4.78 is 0. The Balaban J connectivity index is 2.02. The SMILES string of the molecule is CC1(C)CCCCC1C(=O)NC1(CO)CCCC1. The summed E-state index contributed by atoms with van der Waals surface area (Å²) in [7, 11) is 0. The molecule has 18 heavy (non-hydrogen) atoms. The predicted octanol–water partition coefficient (Wildman–Crippen LogP) is 2.62. The zero-order valence-electron chi connectivity index (χ0n) is 11.8. The second kappa shape index (κ2) is 5.20. The van der Waals surface area contributed by atoms with E-state index in [0.717, 1.165) is 44.9 Å². The molecule has 1 unspecified atom stereocenters. The van der Waals surface area contributed by atoms with Crippen LogP contribution in [-0.4, -0.2) is 23.2 Å². The third-order valence-corrected chi connectivity index (χ3v) is 5.08. The van der Waals surface area contributed by atoms with Crippen LogP contribution in [-0.2, 0) is 4.79 Å². The van der Waals surface area contributed by atoms with Crippen molar-refractivity contribution in [3.63, 3.8) is 0 Å². The molecule has 1 atom stereocenters. The summed E-state index contributed by atoms with van der Waals surface area (Å²) in [5.41, 5.74) is -0.206. The number of aliphatic hydroxyl groups is 1. The van der Waals surface area contributed by atoms with Crippen molar-refractivity contribution in [3.05, 3.63) is 0 Å². The van der Waals surface area contributed by atoms with Crippen molar-refractivity contribution in [1.29, 1.82) is 0 Å². The van der Waals surface area contributed by atoms with E-state index in [1.54, 1.807) is 0 Å². The Morgan fingerprint density at radius 1 is 1.17 bits per heavy atom. The van der Waals surface area contributed by atoms with Crippen molar-refractivity contribution in [1.82, 2.24) is 5.32 Å². The van der Waals surface area contributed by atoms with Gasteiger partial charge in [-0.2, -0.15) is 0 Å². The number of nitrogens with one attached hydrogen (secondary N) is 1. The number of amides is 1. The summed E-state index contributed by atoms with van der Waals surface area (Å²) in [6, 6.07) is 0. The van der Waals surface area contributed by atoms with Gasteiger partial charge in [-0.15, -0.1) is 0 Å². The van der Waals surface area contributed by atoms with Gasteiger partial charge in [0.05, 0.1) is 12.1 Å². The van der Waals surface area contributed by atoms with E-state index >= 15 is 0 Å². The van der Waals surface area contributed by atoms with Gasteiger partial charge in [0, 0.05) is 5.92 Å². The van der Waals surface area contributed by atoms with Crippen LogP contribution in [0.4, 0.5) is 0 Å². The number of carbonyl (C=O) groups excluding carboxylic acids is 1. The van der Waals surface area contributed by atoms with Crippen LogP contribution < -0.4 is 5.32 Å². The average Bonchev–Trinajstić information content (AvgIpc) is 2.77. The zero-order chi connectivity index (χ0) is 13.2. The second-order valence-electron chi connectivity index (χ2n) is 6.92. The first-order valence-electron chi connectivity index (χ1n) is 7.42. The van der Waals surface area contributed by atoms with Crippen molar-refractivity contribution in [2.24, 2.45) is 11.3 Å². The maximum atomic E-state index is 12.5. The van der Waals surface area contributed by atoms with Crippen LogP contribution in [0.1, 0.15) is 65.2 Å². The van der Waals surface area contributed by atoms with Crippen LogP contribution >= 0.6 is 0 Å².